The van der Waals surface area contributed by atoms with Crippen LogP contribution in [0.4, 0.5) is 0 Å². The van der Waals surface area contributed by atoms with Gasteiger partial charge in [-0.1, -0.05) is 30.3 Å². The average Bonchev–Trinajstić information content (AvgIpc) is 3.13. The van der Waals surface area contributed by atoms with Crippen LogP contribution in [0.1, 0.15) is 32.9 Å². The number of carbonyl (C=O) groups excluding carboxylic acids is 2. The molecule has 0 aliphatic rings. The van der Waals surface area contributed by atoms with Crippen molar-refractivity contribution in [1.29, 1.82) is 0 Å². The lowest BCUT2D eigenvalue weighted by Gasteiger charge is -2.10. The lowest BCUT2D eigenvalue weighted by molar-refractivity contribution is 0.0889. The zero-order chi connectivity index (χ0) is 21.3. The van der Waals surface area contributed by atoms with E-state index in [1.807, 2.05) is 18.2 Å². The Bertz CT molecular complexity index is 1010. The van der Waals surface area contributed by atoms with E-state index < -0.39 is 11.8 Å². The summed E-state index contributed by atoms with van der Waals surface area (Å²) in [4.78, 5) is 24.1. The number of fused-ring (bicyclic) bond motifs is 1. The topological polar surface area (TPSA) is 124 Å². The third kappa shape index (κ3) is 5.16. The van der Waals surface area contributed by atoms with E-state index in [9.17, 15) is 9.59 Å². The molecule has 0 spiro atoms. The van der Waals surface area contributed by atoms with Crippen LogP contribution in [-0.2, 0) is 11.3 Å². The molecule has 3 rings (SSSR count). The molecule has 1 heterocycles. The van der Waals surface area contributed by atoms with Crippen LogP contribution in [0.3, 0.4) is 0 Å². The second kappa shape index (κ2) is 10.4. The van der Waals surface area contributed by atoms with Crippen LogP contribution in [0.25, 0.3) is 11.0 Å². The molecular weight excluding hydrogens is 388 g/mol. The van der Waals surface area contributed by atoms with Gasteiger partial charge in [-0.05, 0) is 24.6 Å². The smallest absolute Gasteiger partial charge is 0.287 e. The maximum absolute atomic E-state index is 12.7. The van der Waals surface area contributed by atoms with E-state index >= 15 is 0 Å². The van der Waals surface area contributed by atoms with Crippen molar-refractivity contribution in [2.75, 3.05) is 26.4 Å². The van der Waals surface area contributed by atoms with Gasteiger partial charge in [0, 0.05) is 24.2 Å². The summed E-state index contributed by atoms with van der Waals surface area (Å²) in [6.07, 6.45) is 0.515. The average molecular weight is 412 g/mol. The predicted molar refractivity (Wildman–Crippen MR) is 110 cm³/mol. The second-order valence-corrected chi connectivity index (χ2v) is 6.50. The van der Waals surface area contributed by atoms with Gasteiger partial charge in [0.15, 0.2) is 5.76 Å². The van der Waals surface area contributed by atoms with E-state index in [0.717, 1.165) is 5.39 Å². The number of benzene rings is 2. The Balaban J connectivity index is 1.63. The Morgan fingerprint density at radius 2 is 1.83 bits per heavy atom. The molecule has 2 amide bonds. The number of ether oxygens (including phenoxy) is 2. The number of para-hydroxylation sites is 2. The number of primary amides is 1. The van der Waals surface area contributed by atoms with Gasteiger partial charge >= 0.3 is 0 Å². The van der Waals surface area contributed by atoms with Gasteiger partial charge in [-0.3, -0.25) is 9.59 Å². The lowest BCUT2D eigenvalue weighted by atomic mass is 10.1. The number of amides is 2. The summed E-state index contributed by atoms with van der Waals surface area (Å²) in [5, 5.41) is 12.4. The van der Waals surface area contributed by atoms with Gasteiger partial charge in [0.1, 0.15) is 17.9 Å². The quantitative estimate of drug-likeness (QED) is 0.415. The Morgan fingerprint density at radius 1 is 1.07 bits per heavy atom. The zero-order valence-electron chi connectivity index (χ0n) is 16.4. The number of carbonyl (C=O) groups is 2. The summed E-state index contributed by atoms with van der Waals surface area (Å²) in [5.41, 5.74) is 6.86. The predicted octanol–water partition coefficient (Wildman–Crippen LogP) is 2.24. The second-order valence-electron chi connectivity index (χ2n) is 6.50. The van der Waals surface area contributed by atoms with Crippen LogP contribution in [0.2, 0.25) is 0 Å². The van der Waals surface area contributed by atoms with E-state index in [0.29, 0.717) is 29.9 Å². The highest BCUT2D eigenvalue weighted by atomic mass is 16.5. The fraction of sp³-hybridized carbons (Fsp3) is 0.273. The Labute approximate surface area is 173 Å². The molecule has 30 heavy (non-hydrogen) atoms. The van der Waals surface area contributed by atoms with Crippen molar-refractivity contribution in [1.82, 2.24) is 5.32 Å². The van der Waals surface area contributed by atoms with Crippen LogP contribution in [-0.4, -0.2) is 43.3 Å². The van der Waals surface area contributed by atoms with E-state index in [4.69, 9.17) is 24.7 Å². The number of nitrogens with two attached hydrogens (primary N) is 1. The van der Waals surface area contributed by atoms with Crippen LogP contribution < -0.4 is 15.8 Å². The van der Waals surface area contributed by atoms with Crippen molar-refractivity contribution in [3.63, 3.8) is 0 Å². The normalized spacial score (nSPS) is 10.8. The molecule has 3 aromatic rings. The highest BCUT2D eigenvalue weighted by molar-refractivity contribution is 5.99. The van der Waals surface area contributed by atoms with Crippen LogP contribution in [0.15, 0.2) is 52.9 Å². The van der Waals surface area contributed by atoms with Crippen LogP contribution >= 0.6 is 0 Å². The van der Waals surface area contributed by atoms with E-state index in [1.54, 1.807) is 30.3 Å². The highest BCUT2D eigenvalue weighted by Crippen LogP contribution is 2.26. The molecule has 158 valence electrons. The standard InChI is InChI=1S/C22H24N2O6/c23-21(26)16-7-2-3-8-18(16)29-13-10-24-22(27)20-17(14-28-12-5-11-25)15-6-1-4-9-19(15)30-20/h1-4,6-9,25H,5,10-14H2,(H2,23,26)(H,24,27). The molecular formula is C22H24N2O6. The Hall–Kier alpha value is -3.36. The van der Waals surface area contributed by atoms with Crippen molar-refractivity contribution < 1.29 is 28.6 Å². The van der Waals surface area contributed by atoms with Crippen molar-refractivity contribution >= 4 is 22.8 Å². The largest absolute Gasteiger partial charge is 0.491 e. The van der Waals surface area contributed by atoms with Crippen LogP contribution in [0, 0.1) is 0 Å². The molecule has 0 saturated carbocycles. The first kappa shape index (κ1) is 21.4. The molecule has 0 aliphatic carbocycles. The summed E-state index contributed by atoms with van der Waals surface area (Å²) in [5.74, 6) is -0.430. The van der Waals surface area contributed by atoms with Gasteiger partial charge < -0.3 is 30.0 Å². The highest BCUT2D eigenvalue weighted by Gasteiger charge is 2.20. The fourth-order valence-electron chi connectivity index (χ4n) is 2.97. The van der Waals surface area contributed by atoms with Gasteiger partial charge in [0.05, 0.1) is 18.7 Å². The van der Waals surface area contributed by atoms with Gasteiger partial charge in [0.25, 0.3) is 11.8 Å². The number of rotatable bonds is 11. The molecule has 0 saturated heterocycles. The lowest BCUT2D eigenvalue weighted by Crippen LogP contribution is -2.28. The number of aliphatic hydroxyl groups is 1. The fourth-order valence-corrected chi connectivity index (χ4v) is 2.97. The SMILES string of the molecule is NC(=O)c1ccccc1OCCNC(=O)c1oc2ccccc2c1COCCCO. The van der Waals surface area contributed by atoms with E-state index in [1.165, 1.54) is 0 Å². The molecule has 2 aromatic carbocycles. The number of nitrogens with one attached hydrogen (secondary N) is 1. The molecule has 0 atom stereocenters. The minimum absolute atomic E-state index is 0.0400. The van der Waals surface area contributed by atoms with Crippen LogP contribution in [0.5, 0.6) is 5.75 Å². The summed E-state index contributed by atoms with van der Waals surface area (Å²) < 4.78 is 16.9. The minimum atomic E-state index is -0.581. The molecule has 0 fully saturated rings. The van der Waals surface area contributed by atoms with E-state index in [-0.39, 0.29) is 37.7 Å². The van der Waals surface area contributed by atoms with Gasteiger partial charge in [-0.2, -0.15) is 0 Å². The van der Waals surface area contributed by atoms with Crippen molar-refractivity contribution in [2.24, 2.45) is 5.73 Å². The van der Waals surface area contributed by atoms with Crippen molar-refractivity contribution in [3.8, 4) is 5.75 Å². The maximum atomic E-state index is 12.7. The molecule has 4 N–H and O–H groups in total. The summed E-state index contributed by atoms with van der Waals surface area (Å²) in [6, 6.07) is 14.0. The van der Waals surface area contributed by atoms with Crippen molar-refractivity contribution in [3.05, 3.63) is 65.4 Å². The summed E-state index contributed by atoms with van der Waals surface area (Å²) in [6.45, 7) is 0.969. The van der Waals surface area contributed by atoms with Crippen molar-refractivity contribution in [2.45, 2.75) is 13.0 Å². The number of aliphatic hydroxyl groups excluding tert-OH is 1. The minimum Gasteiger partial charge on any atom is -0.491 e. The molecule has 1 aromatic heterocycles. The number of hydrogen-bond acceptors (Lipinski definition) is 6. The first-order chi connectivity index (χ1) is 14.6. The summed E-state index contributed by atoms with van der Waals surface area (Å²) >= 11 is 0. The van der Waals surface area contributed by atoms with Gasteiger partial charge in [-0.25, -0.2) is 0 Å². The van der Waals surface area contributed by atoms with Gasteiger partial charge in [0.2, 0.25) is 0 Å². The number of furan rings is 1. The Morgan fingerprint density at radius 3 is 2.63 bits per heavy atom. The Kier molecular flexibility index (Phi) is 7.42. The molecule has 8 heteroatoms. The number of hydrogen-bond donors (Lipinski definition) is 3. The summed E-state index contributed by atoms with van der Waals surface area (Å²) in [7, 11) is 0. The maximum Gasteiger partial charge on any atom is 0.287 e. The monoisotopic (exact) mass is 412 g/mol. The van der Waals surface area contributed by atoms with E-state index in [2.05, 4.69) is 5.32 Å². The first-order valence-electron chi connectivity index (χ1n) is 9.60. The molecule has 0 bridgehead atoms. The third-order valence-corrected chi connectivity index (χ3v) is 4.40. The first-order valence-corrected chi connectivity index (χ1v) is 9.60. The molecule has 0 aliphatic heterocycles. The van der Waals surface area contributed by atoms with Gasteiger partial charge in [-0.15, -0.1) is 0 Å². The molecule has 0 unspecified atom stereocenters. The molecule has 8 nitrogen and oxygen atoms in total. The molecule has 0 radical (unpaired) electrons. The third-order valence-electron chi connectivity index (χ3n) is 4.40. The zero-order valence-corrected chi connectivity index (χ0v) is 16.4.